The molecule has 0 saturated carbocycles. The van der Waals surface area contributed by atoms with Crippen LogP contribution in [0.15, 0.2) is 72.8 Å². The maximum absolute atomic E-state index is 13.3. The smallest absolute Gasteiger partial charge is 0.395 e. The van der Waals surface area contributed by atoms with Crippen LogP contribution in [0, 0.1) is 0 Å². The third kappa shape index (κ3) is 6.14. The number of carbonyl (C=O) groups is 1. The number of piperidine rings is 1. The van der Waals surface area contributed by atoms with Crippen molar-refractivity contribution >= 4 is 16.8 Å². The minimum absolute atomic E-state index is 0.0348. The number of likely N-dealkylation sites (tertiary alicyclic amines) is 1. The number of para-hydroxylation sites is 1. The van der Waals surface area contributed by atoms with E-state index in [2.05, 4.69) is 49.3 Å². The second-order valence-corrected chi connectivity index (χ2v) is 11.2. The summed E-state index contributed by atoms with van der Waals surface area (Å²) < 4.78 is 43.5. The van der Waals surface area contributed by atoms with Crippen molar-refractivity contribution in [1.82, 2.24) is 9.47 Å². The van der Waals surface area contributed by atoms with Crippen molar-refractivity contribution in [3.05, 3.63) is 84.1 Å². The van der Waals surface area contributed by atoms with Gasteiger partial charge in [-0.25, -0.2) is 0 Å². The van der Waals surface area contributed by atoms with Crippen LogP contribution in [-0.4, -0.2) is 48.5 Å². The van der Waals surface area contributed by atoms with E-state index in [0.717, 1.165) is 75.0 Å². The topological polar surface area (TPSA) is 52.9 Å². The number of hydrogen-bond acceptors (Lipinski definition) is 4. The molecule has 6 rings (SSSR count). The molecule has 0 N–H and O–H groups in total. The molecule has 3 aromatic carbocycles. The van der Waals surface area contributed by atoms with Crippen molar-refractivity contribution in [2.24, 2.45) is 0 Å². The molecule has 0 aliphatic carbocycles. The fourth-order valence-corrected chi connectivity index (χ4v) is 6.23. The molecular weight excluding hydrogens is 538 g/mol. The van der Waals surface area contributed by atoms with Crippen LogP contribution in [0.4, 0.5) is 8.78 Å². The highest BCUT2D eigenvalue weighted by atomic mass is 19.3. The second-order valence-electron chi connectivity index (χ2n) is 11.2. The number of fused-ring (bicyclic) bond motifs is 2. The predicted molar refractivity (Wildman–Crippen MR) is 158 cm³/mol. The number of benzene rings is 3. The van der Waals surface area contributed by atoms with E-state index in [1.54, 1.807) is 19.2 Å². The van der Waals surface area contributed by atoms with Gasteiger partial charge >= 0.3 is 6.29 Å². The molecule has 0 bridgehead atoms. The quantitative estimate of drug-likeness (QED) is 0.185. The van der Waals surface area contributed by atoms with E-state index in [4.69, 9.17) is 4.74 Å². The van der Waals surface area contributed by atoms with Crippen LogP contribution in [0.2, 0.25) is 0 Å². The Morgan fingerprint density at radius 2 is 1.76 bits per heavy atom. The number of aromatic nitrogens is 1. The van der Waals surface area contributed by atoms with Gasteiger partial charge in [0.2, 0.25) is 5.91 Å². The van der Waals surface area contributed by atoms with E-state index in [9.17, 15) is 13.6 Å². The number of nitrogens with zero attached hydrogens (tertiary/aromatic N) is 2. The number of amides is 1. The van der Waals surface area contributed by atoms with Crippen LogP contribution < -0.4 is 9.47 Å². The van der Waals surface area contributed by atoms with Gasteiger partial charge < -0.3 is 23.7 Å². The molecule has 1 unspecified atom stereocenters. The molecule has 2 aliphatic heterocycles. The third-order valence-electron chi connectivity index (χ3n) is 8.31. The fraction of sp³-hybridized carbons (Fsp3) is 0.382. The van der Waals surface area contributed by atoms with E-state index in [1.165, 1.54) is 22.7 Å². The Balaban J connectivity index is 1.04. The first kappa shape index (κ1) is 28.2. The van der Waals surface area contributed by atoms with Crippen molar-refractivity contribution < 1.29 is 27.8 Å². The predicted octanol–water partition coefficient (Wildman–Crippen LogP) is 7.40. The molecule has 0 spiro atoms. The zero-order valence-corrected chi connectivity index (χ0v) is 23.9. The van der Waals surface area contributed by atoms with Crippen LogP contribution >= 0.6 is 0 Å². The number of aryl methyl sites for hydroxylation is 2. The number of carbonyl (C=O) groups excluding carboxylic acids is 1. The summed E-state index contributed by atoms with van der Waals surface area (Å²) in [6, 6.07) is 23.6. The highest BCUT2D eigenvalue weighted by Gasteiger charge is 2.43. The number of alkyl halides is 2. The standard InChI is InChI=1S/C34H36F2N2O4/c1-40-20-6-19-38-29-10-3-2-8-27(29)21-30(38)28-9-5-18-37(23-28)33(39)11-4-7-24-12-14-25(15-13-24)26-16-17-31-32(22-26)42-34(35,36)41-31/h2-3,8,10,12-17,21-22,28H,4-7,9,11,18-20,23H2,1H3. The van der Waals surface area contributed by atoms with Gasteiger partial charge in [-0.3, -0.25) is 4.79 Å². The van der Waals surface area contributed by atoms with Gasteiger partial charge in [-0.05, 0) is 78.4 Å². The van der Waals surface area contributed by atoms with Crippen molar-refractivity contribution in [3.63, 3.8) is 0 Å². The molecule has 1 atom stereocenters. The Labute approximate surface area is 244 Å². The van der Waals surface area contributed by atoms with Gasteiger partial charge in [-0.2, -0.15) is 0 Å². The monoisotopic (exact) mass is 574 g/mol. The number of rotatable bonds is 10. The SMILES string of the molecule is COCCCn1c(C2CCCN(C(=O)CCCc3ccc(-c4ccc5c(c4)OC(F)(F)O5)cc3)C2)cc2ccccc21. The minimum atomic E-state index is -3.62. The van der Waals surface area contributed by atoms with Crippen molar-refractivity contribution in [2.45, 2.75) is 57.3 Å². The molecule has 0 radical (unpaired) electrons. The first-order valence-corrected chi connectivity index (χ1v) is 14.7. The average molecular weight is 575 g/mol. The average Bonchev–Trinajstić information content (AvgIpc) is 3.53. The molecule has 220 valence electrons. The van der Waals surface area contributed by atoms with Crippen LogP contribution in [0.5, 0.6) is 11.5 Å². The van der Waals surface area contributed by atoms with Gasteiger partial charge in [-0.15, -0.1) is 8.78 Å². The Bertz CT molecular complexity index is 1550. The van der Waals surface area contributed by atoms with Crippen LogP contribution in [0.3, 0.4) is 0 Å². The highest BCUT2D eigenvalue weighted by Crippen LogP contribution is 2.43. The molecule has 3 heterocycles. The molecule has 1 saturated heterocycles. The van der Waals surface area contributed by atoms with E-state index in [1.807, 2.05) is 24.3 Å². The molecule has 42 heavy (non-hydrogen) atoms. The van der Waals surface area contributed by atoms with Gasteiger partial charge in [0.25, 0.3) is 0 Å². The van der Waals surface area contributed by atoms with Gasteiger partial charge in [0.05, 0.1) is 0 Å². The Morgan fingerprint density at radius 3 is 2.60 bits per heavy atom. The van der Waals surface area contributed by atoms with Gasteiger partial charge in [0.1, 0.15) is 0 Å². The minimum Gasteiger partial charge on any atom is -0.395 e. The van der Waals surface area contributed by atoms with E-state index < -0.39 is 6.29 Å². The molecule has 4 aromatic rings. The summed E-state index contributed by atoms with van der Waals surface area (Å²) in [5.41, 5.74) is 5.37. The lowest BCUT2D eigenvalue weighted by Crippen LogP contribution is -2.39. The third-order valence-corrected chi connectivity index (χ3v) is 8.31. The normalized spacial score (nSPS) is 17.6. The number of halogens is 2. The zero-order chi connectivity index (χ0) is 29.1. The van der Waals surface area contributed by atoms with Crippen LogP contribution in [-0.2, 0) is 22.5 Å². The Kier molecular flexibility index (Phi) is 8.16. The summed E-state index contributed by atoms with van der Waals surface area (Å²) in [6.07, 6.45) is 1.51. The summed E-state index contributed by atoms with van der Waals surface area (Å²) in [4.78, 5) is 15.3. The first-order chi connectivity index (χ1) is 20.4. The summed E-state index contributed by atoms with van der Waals surface area (Å²) >= 11 is 0. The zero-order valence-electron chi connectivity index (χ0n) is 23.9. The molecular formula is C34H36F2N2O4. The summed E-state index contributed by atoms with van der Waals surface area (Å²) in [5, 5.41) is 1.25. The molecule has 8 heteroatoms. The largest absolute Gasteiger partial charge is 0.586 e. The van der Waals surface area contributed by atoms with Gasteiger partial charge in [-0.1, -0.05) is 48.5 Å². The van der Waals surface area contributed by atoms with Gasteiger partial charge in [0, 0.05) is 56.9 Å². The lowest BCUT2D eigenvalue weighted by molar-refractivity contribution is -0.286. The lowest BCUT2D eigenvalue weighted by Gasteiger charge is -2.33. The van der Waals surface area contributed by atoms with Crippen molar-refractivity contribution in [1.29, 1.82) is 0 Å². The summed E-state index contributed by atoms with van der Waals surface area (Å²) in [6.45, 7) is 3.21. The first-order valence-electron chi connectivity index (χ1n) is 14.7. The maximum Gasteiger partial charge on any atom is 0.586 e. The molecule has 6 nitrogen and oxygen atoms in total. The van der Waals surface area contributed by atoms with Crippen LogP contribution in [0.1, 0.15) is 49.3 Å². The molecule has 1 aromatic heterocycles. The highest BCUT2D eigenvalue weighted by molar-refractivity contribution is 5.81. The number of hydrogen-bond donors (Lipinski definition) is 0. The molecule has 2 aliphatic rings. The number of methoxy groups -OCH3 is 1. The Morgan fingerprint density at radius 1 is 0.976 bits per heavy atom. The van der Waals surface area contributed by atoms with E-state index >= 15 is 0 Å². The molecule has 1 fully saturated rings. The molecule has 1 amide bonds. The second kappa shape index (κ2) is 12.1. The summed E-state index contributed by atoms with van der Waals surface area (Å²) in [5.74, 6) is 0.616. The van der Waals surface area contributed by atoms with Crippen molar-refractivity contribution in [3.8, 4) is 22.6 Å². The Hall–Kier alpha value is -3.91. The number of ether oxygens (including phenoxy) is 3. The van der Waals surface area contributed by atoms with Crippen LogP contribution in [0.25, 0.3) is 22.0 Å². The van der Waals surface area contributed by atoms with E-state index in [-0.39, 0.29) is 17.4 Å². The lowest BCUT2D eigenvalue weighted by atomic mass is 9.94. The fourth-order valence-electron chi connectivity index (χ4n) is 6.23. The maximum atomic E-state index is 13.3. The van der Waals surface area contributed by atoms with E-state index in [0.29, 0.717) is 12.3 Å². The van der Waals surface area contributed by atoms with Gasteiger partial charge in [0.15, 0.2) is 11.5 Å². The summed E-state index contributed by atoms with van der Waals surface area (Å²) in [7, 11) is 1.74. The van der Waals surface area contributed by atoms with Crippen molar-refractivity contribution in [2.75, 3.05) is 26.8 Å².